The van der Waals surface area contributed by atoms with E-state index in [1.165, 1.54) is 35.3 Å². The summed E-state index contributed by atoms with van der Waals surface area (Å²) in [5.74, 6) is -2.82. The quantitative estimate of drug-likeness (QED) is 0.0314. The van der Waals surface area contributed by atoms with Crippen molar-refractivity contribution in [2.45, 2.75) is 134 Å². The van der Waals surface area contributed by atoms with Crippen molar-refractivity contribution in [3.8, 4) is 11.8 Å². The van der Waals surface area contributed by atoms with Gasteiger partial charge in [-0.1, -0.05) is 20.3 Å². The maximum atomic E-state index is 15.5. The van der Waals surface area contributed by atoms with E-state index >= 15 is 13.2 Å². The third-order valence-electron chi connectivity index (χ3n) is 16.5. The number of nitriles is 1. The molecule has 1 saturated carbocycles. The Morgan fingerprint density at radius 2 is 1.65 bits per heavy atom. The predicted octanol–water partition coefficient (Wildman–Crippen LogP) is 3.98. The minimum absolute atomic E-state index is 0.00903. The van der Waals surface area contributed by atoms with E-state index in [1.54, 1.807) is 18.5 Å². The topological polar surface area (TPSA) is 312 Å². The van der Waals surface area contributed by atoms with Gasteiger partial charge in [-0.25, -0.2) is 9.78 Å². The van der Waals surface area contributed by atoms with Crippen LogP contribution in [0.15, 0.2) is 60.9 Å². The van der Waals surface area contributed by atoms with Crippen molar-refractivity contribution < 1.29 is 76.3 Å². The highest BCUT2D eigenvalue weighted by Crippen LogP contribution is 2.53. The minimum Gasteiger partial charge on any atom is -0.479 e. The molecule has 3 fully saturated rings. The van der Waals surface area contributed by atoms with E-state index in [-0.39, 0.29) is 114 Å². The molecule has 0 radical (unpaired) electrons. The molecule has 0 bridgehead atoms. The Labute approximate surface area is 482 Å². The van der Waals surface area contributed by atoms with Crippen LogP contribution in [0.3, 0.4) is 0 Å². The second-order valence-electron chi connectivity index (χ2n) is 22.9. The van der Waals surface area contributed by atoms with Crippen molar-refractivity contribution in [1.29, 1.82) is 5.26 Å². The van der Waals surface area contributed by atoms with Crippen molar-refractivity contribution in [3.05, 3.63) is 106 Å². The Morgan fingerprint density at radius 1 is 0.917 bits per heavy atom. The van der Waals surface area contributed by atoms with Crippen molar-refractivity contribution in [1.82, 2.24) is 35.3 Å². The number of hydrogen-bond donors (Lipinski definition) is 7. The maximum absolute atomic E-state index is 15.5. The van der Waals surface area contributed by atoms with E-state index in [1.807, 2.05) is 24.6 Å². The number of aliphatic carboxylic acids is 1. The molecule has 7 N–H and O–H groups in total. The lowest BCUT2D eigenvalue weighted by Crippen LogP contribution is -2.61. The lowest BCUT2D eigenvalue weighted by atomic mass is 9.58. The summed E-state index contributed by atoms with van der Waals surface area (Å²) in [5.41, 5.74) is -0.539. The molecule has 1 unspecified atom stereocenters. The smallest absolute Gasteiger partial charge is 0.416 e. The van der Waals surface area contributed by atoms with Crippen LogP contribution in [0, 0.1) is 23.2 Å². The van der Waals surface area contributed by atoms with Crippen LogP contribution in [0.25, 0.3) is 0 Å². The Kier molecular flexibility index (Phi) is 18.2. The van der Waals surface area contributed by atoms with Crippen LogP contribution in [0.1, 0.15) is 126 Å². The number of halogens is 3. The average molecular weight is 1170 g/mol. The number of carboxylic acid groups (broad SMARTS) is 1. The molecular weight excluding hydrogens is 1100 g/mol. The SMILES string of the molecule is CC1CC(c2cc(NCCC#N)nc(N3Cc4c(cc(C[N+]5(Cc6ccc(O[C@@H]7O[C@H](C(=O)O)[C@@H](O)[C@H](O)[C@H]7O)c(C(=O)NCCNC(=O)CCCCCN7C(=O)C=CC7=O)c6)CCC[C@H](C)C5)cc4C(F)(F)F)C3=O)c2)(c2nncn2C)C1. The number of likely N-dealkylation sites (tertiary alicyclic amines) is 1. The molecule has 2 saturated heterocycles. The number of carbonyl (C=O) groups excluding carboxylic acids is 5. The zero-order valence-electron chi connectivity index (χ0n) is 46.8. The normalized spacial score (nSPS) is 25.7. The number of rotatable bonds is 23. The molecule has 84 heavy (non-hydrogen) atoms. The number of carbonyl (C=O) groups is 6. The van der Waals surface area contributed by atoms with Crippen LogP contribution in [0.4, 0.5) is 24.8 Å². The number of imide groups is 1. The van der Waals surface area contributed by atoms with E-state index in [0.717, 1.165) is 23.0 Å². The molecule has 26 heteroatoms. The summed E-state index contributed by atoms with van der Waals surface area (Å²) in [6, 6.07) is 12.8. The molecule has 9 rings (SSSR count). The molecule has 0 spiro atoms. The lowest BCUT2D eigenvalue weighted by molar-refractivity contribution is -0.960. The van der Waals surface area contributed by atoms with E-state index in [9.17, 15) is 54.5 Å². The van der Waals surface area contributed by atoms with Crippen molar-refractivity contribution in [2.24, 2.45) is 18.9 Å². The highest BCUT2D eigenvalue weighted by molar-refractivity contribution is 6.13. The third kappa shape index (κ3) is 13.1. The number of anilines is 2. The average Bonchev–Trinajstić information content (AvgIpc) is 1.42. The van der Waals surface area contributed by atoms with Gasteiger partial charge in [0.15, 0.2) is 6.10 Å². The first-order chi connectivity index (χ1) is 40.0. The van der Waals surface area contributed by atoms with Gasteiger partial charge in [0.25, 0.3) is 23.6 Å². The number of benzene rings is 2. The lowest BCUT2D eigenvalue weighted by Gasteiger charge is -2.46. The van der Waals surface area contributed by atoms with Crippen molar-refractivity contribution in [2.75, 3.05) is 49.5 Å². The number of quaternary nitrogens is 1. The van der Waals surface area contributed by atoms with Gasteiger partial charge in [0.2, 0.25) is 12.2 Å². The van der Waals surface area contributed by atoms with Crippen molar-refractivity contribution >= 4 is 47.1 Å². The molecule has 4 aromatic rings. The van der Waals surface area contributed by atoms with Gasteiger partial charge in [-0.2, -0.15) is 18.4 Å². The monoisotopic (exact) mass is 1170 g/mol. The first-order valence-corrected chi connectivity index (χ1v) is 28.2. The molecule has 23 nitrogen and oxygen atoms in total. The fourth-order valence-corrected chi connectivity index (χ4v) is 12.6. The second kappa shape index (κ2) is 25.2. The third-order valence-corrected chi connectivity index (χ3v) is 16.5. The highest BCUT2D eigenvalue weighted by atomic mass is 19.4. The number of aryl methyl sites for hydroxylation is 1. The number of piperidine rings is 1. The number of amides is 5. The summed E-state index contributed by atoms with van der Waals surface area (Å²) < 4.78 is 59.8. The van der Waals surface area contributed by atoms with Gasteiger partial charge in [-0.3, -0.25) is 33.8 Å². The molecule has 1 aliphatic carbocycles. The van der Waals surface area contributed by atoms with Crippen LogP contribution in [0.5, 0.6) is 5.75 Å². The highest BCUT2D eigenvalue weighted by Gasteiger charge is 2.51. The zero-order valence-corrected chi connectivity index (χ0v) is 46.8. The Morgan fingerprint density at radius 3 is 2.33 bits per heavy atom. The molecule has 448 valence electrons. The zero-order chi connectivity index (χ0) is 60.3. The number of nitrogens with zero attached hydrogens (tertiary/aromatic N) is 8. The van der Waals surface area contributed by atoms with E-state index in [4.69, 9.17) is 14.5 Å². The van der Waals surface area contributed by atoms with Gasteiger partial charge in [-0.15, -0.1) is 10.2 Å². The van der Waals surface area contributed by atoms with Gasteiger partial charge in [0, 0.05) is 74.4 Å². The van der Waals surface area contributed by atoms with E-state index in [0.29, 0.717) is 74.7 Å². The molecule has 7 atom stereocenters. The molecule has 6 heterocycles. The number of alkyl halides is 3. The largest absolute Gasteiger partial charge is 0.479 e. The number of carboxylic acids is 1. The number of aliphatic hydroxyl groups is 3. The number of aromatic nitrogens is 4. The van der Waals surface area contributed by atoms with Crippen LogP contribution in [-0.4, -0.2) is 155 Å². The van der Waals surface area contributed by atoms with Crippen LogP contribution in [0.2, 0.25) is 0 Å². The summed E-state index contributed by atoms with van der Waals surface area (Å²) in [5, 5.41) is 68.0. The number of ether oxygens (including phenoxy) is 2. The number of fused-ring (bicyclic) bond motifs is 1. The molecule has 5 aliphatic rings. The summed E-state index contributed by atoms with van der Waals surface area (Å²) in [6.07, 6.45) is -6.09. The fourth-order valence-electron chi connectivity index (χ4n) is 12.6. The van der Waals surface area contributed by atoms with Crippen molar-refractivity contribution in [3.63, 3.8) is 0 Å². The second-order valence-corrected chi connectivity index (χ2v) is 22.9. The minimum atomic E-state index is -4.87. The van der Waals surface area contributed by atoms with Crippen LogP contribution >= 0.6 is 0 Å². The number of hydrogen-bond acceptors (Lipinski definition) is 16. The van der Waals surface area contributed by atoms with E-state index in [2.05, 4.69) is 39.1 Å². The van der Waals surface area contributed by atoms with E-state index < -0.39 is 72.2 Å². The number of pyridine rings is 1. The molecule has 5 amide bonds. The predicted molar refractivity (Wildman–Crippen MR) is 292 cm³/mol. The van der Waals surface area contributed by atoms with Gasteiger partial charge in [-0.05, 0) is 98.0 Å². The summed E-state index contributed by atoms with van der Waals surface area (Å²) >= 11 is 0. The van der Waals surface area contributed by atoms with Crippen LogP contribution in [-0.2, 0) is 62.2 Å². The molecule has 4 aliphatic heterocycles. The first-order valence-electron chi connectivity index (χ1n) is 28.2. The number of aliphatic hydroxyl groups excluding tert-OH is 3. The molecule has 2 aromatic heterocycles. The molecule has 2 aromatic carbocycles. The van der Waals surface area contributed by atoms with Crippen LogP contribution < -0.4 is 25.6 Å². The Balaban J connectivity index is 0.971. The standard InChI is InChI=1S/C58H68F3N11O12/c1-33-9-7-20-72(29-33,31-36-22-38-40(41(23-36)58(59,60)61)28-71(53(38)80)44-25-37(24-43(67-44)63-16-8-15-62)57(26-34(2)27-57)56-68-66-32-69(56)3)30-35-11-12-42(83-55-50(78)48(76)49(77)51(84-55)54(81)82)39(21-35)52(79)65-18-17-64-45(73)10-5-4-6-19-70-46(74)13-14-47(70)75/h11-14,21-25,32-34,48-51,55,76-78H,4-10,16-20,26-31H2,1-3H3,(H3-,63,64,65,67,73,79,81,82)/p+1/t33-,34?,48-,49-,50+,51-,55+,57?,72?/m0/s1. The van der Waals surface area contributed by atoms with Gasteiger partial charge < -0.3 is 54.9 Å². The summed E-state index contributed by atoms with van der Waals surface area (Å²) in [6.45, 7) is 5.29. The number of unbranched alkanes of at least 4 members (excludes halogenated alkanes) is 2. The first kappa shape index (κ1) is 60.8. The molecular formula is C58H69F3N11O12+. The van der Waals surface area contributed by atoms with Gasteiger partial charge >= 0.3 is 12.1 Å². The summed E-state index contributed by atoms with van der Waals surface area (Å²) in [7, 11) is 1.83. The van der Waals surface area contributed by atoms with Gasteiger partial charge in [0.1, 0.15) is 60.9 Å². The fraction of sp³-hybridized carbons (Fsp3) is 0.517. The summed E-state index contributed by atoms with van der Waals surface area (Å²) in [4.78, 5) is 84.4. The Hall–Kier alpha value is -7.83. The number of nitrogens with one attached hydrogen (secondary N) is 3. The Bertz CT molecular complexity index is 3230. The maximum Gasteiger partial charge on any atom is 0.416 e. The van der Waals surface area contributed by atoms with Gasteiger partial charge in [0.05, 0.1) is 48.7 Å².